The highest BCUT2D eigenvalue weighted by atomic mass is 32.2. The van der Waals surface area contributed by atoms with Crippen molar-refractivity contribution in [1.29, 1.82) is 0 Å². The number of sulfone groups is 1. The molecule has 10 heteroatoms. The second kappa shape index (κ2) is 8.14. The van der Waals surface area contributed by atoms with Crippen LogP contribution in [0.2, 0.25) is 0 Å². The molecular formula is C20H29N3O6S. The van der Waals surface area contributed by atoms with Crippen molar-refractivity contribution >= 4 is 27.5 Å². The van der Waals surface area contributed by atoms with Gasteiger partial charge in [-0.25, -0.2) is 8.42 Å². The lowest BCUT2D eigenvalue weighted by atomic mass is 9.94. The first-order valence-electron chi connectivity index (χ1n) is 10.1. The third kappa shape index (κ3) is 4.02. The molecule has 30 heavy (non-hydrogen) atoms. The van der Waals surface area contributed by atoms with Crippen molar-refractivity contribution in [1.82, 2.24) is 14.8 Å². The van der Waals surface area contributed by atoms with Crippen LogP contribution in [-0.4, -0.2) is 90.2 Å². The fourth-order valence-corrected chi connectivity index (χ4v) is 7.35. The highest BCUT2D eigenvalue weighted by Crippen LogP contribution is 2.37. The van der Waals surface area contributed by atoms with Gasteiger partial charge in [0.05, 0.1) is 11.0 Å². The molecule has 0 spiro atoms. The Bertz CT molecular complexity index is 977. The number of aliphatic carboxylic acids is 1. The number of hydrogen-bond donors (Lipinski definition) is 2. The highest BCUT2D eigenvalue weighted by Gasteiger charge is 2.53. The standard InChI is InChI=1S/C18H25N3O4S.C2H4O2/c1-10-16-12(5-4-6-14(16)22)19-17(10)18(23)21-7-11-13(20(2)3)9-26(24,25)15(11)8-21;1-2(3)4/h11,13,15,19H,4-9H2,1-3H3;1H3,(H,3,4)/t11-,13+,15-;/m0./s1. The van der Waals surface area contributed by atoms with Crippen molar-refractivity contribution in [3.8, 4) is 0 Å². The van der Waals surface area contributed by atoms with Crippen LogP contribution in [0.25, 0.3) is 0 Å². The first-order chi connectivity index (χ1) is 13.9. The van der Waals surface area contributed by atoms with Gasteiger partial charge in [-0.05, 0) is 39.4 Å². The van der Waals surface area contributed by atoms with E-state index in [1.807, 2.05) is 25.9 Å². The van der Waals surface area contributed by atoms with Gasteiger partial charge in [0.1, 0.15) is 5.69 Å². The lowest BCUT2D eigenvalue weighted by Crippen LogP contribution is -2.38. The molecule has 1 aromatic rings. The predicted octanol–water partition coefficient (Wildman–Crippen LogP) is 0.732. The van der Waals surface area contributed by atoms with E-state index in [1.165, 1.54) is 0 Å². The van der Waals surface area contributed by atoms with E-state index in [-0.39, 0.29) is 35.9 Å². The number of carbonyl (C=O) groups is 3. The van der Waals surface area contributed by atoms with Crippen LogP contribution in [0.4, 0.5) is 0 Å². The van der Waals surface area contributed by atoms with Crippen LogP contribution in [0.1, 0.15) is 51.9 Å². The summed E-state index contributed by atoms with van der Waals surface area (Å²) in [6.07, 6.45) is 2.10. The Morgan fingerprint density at radius 1 is 1.20 bits per heavy atom. The molecule has 0 unspecified atom stereocenters. The molecule has 1 aliphatic carbocycles. The fraction of sp³-hybridized carbons (Fsp3) is 0.650. The third-order valence-corrected chi connectivity index (χ3v) is 8.50. The number of aryl methyl sites for hydroxylation is 1. The third-order valence-electron chi connectivity index (χ3n) is 6.27. The molecule has 2 N–H and O–H groups in total. The molecule has 0 radical (unpaired) electrons. The maximum absolute atomic E-state index is 13.1. The van der Waals surface area contributed by atoms with Crippen LogP contribution in [0.15, 0.2) is 0 Å². The summed E-state index contributed by atoms with van der Waals surface area (Å²) >= 11 is 0. The molecule has 1 amide bonds. The smallest absolute Gasteiger partial charge is 0.300 e. The first-order valence-corrected chi connectivity index (χ1v) is 11.8. The summed E-state index contributed by atoms with van der Waals surface area (Å²) < 4.78 is 25.0. The van der Waals surface area contributed by atoms with Crippen molar-refractivity contribution in [2.45, 2.75) is 44.4 Å². The van der Waals surface area contributed by atoms with Gasteiger partial charge in [0.15, 0.2) is 15.6 Å². The van der Waals surface area contributed by atoms with Crippen LogP contribution in [0.3, 0.4) is 0 Å². The molecular weight excluding hydrogens is 410 g/mol. The number of aromatic amines is 1. The van der Waals surface area contributed by atoms with Crippen LogP contribution in [0.5, 0.6) is 0 Å². The SMILES string of the molecule is CC(=O)O.Cc1c(C(=O)N2C[C@H]3[C@H](N(C)C)CS(=O)(=O)[C@H]3C2)[nH]c2c1C(=O)CCC2. The molecule has 4 rings (SSSR count). The van der Waals surface area contributed by atoms with Crippen LogP contribution in [-0.2, 0) is 21.1 Å². The predicted molar refractivity (Wildman–Crippen MR) is 111 cm³/mol. The number of hydrogen-bond acceptors (Lipinski definition) is 6. The molecule has 3 aliphatic rings. The number of H-pyrrole nitrogens is 1. The van der Waals surface area contributed by atoms with E-state index in [0.717, 1.165) is 25.5 Å². The van der Waals surface area contributed by atoms with Gasteiger partial charge < -0.3 is 19.9 Å². The molecule has 2 saturated heterocycles. The van der Waals surface area contributed by atoms with E-state index in [1.54, 1.807) is 4.90 Å². The maximum Gasteiger partial charge on any atom is 0.300 e. The number of nitrogens with zero attached hydrogens (tertiary/aromatic N) is 2. The van der Waals surface area contributed by atoms with Crippen molar-refractivity contribution in [2.75, 3.05) is 32.9 Å². The molecule has 166 valence electrons. The summed E-state index contributed by atoms with van der Waals surface area (Å²) in [5.74, 6) is -0.813. The average molecular weight is 440 g/mol. The van der Waals surface area contributed by atoms with Crippen LogP contribution in [0, 0.1) is 12.8 Å². The van der Waals surface area contributed by atoms with E-state index >= 15 is 0 Å². The zero-order valence-corrected chi connectivity index (χ0v) is 18.6. The molecule has 2 fully saturated rings. The number of carboxylic acids is 1. The second-order valence-corrected chi connectivity index (χ2v) is 10.8. The Morgan fingerprint density at radius 2 is 1.83 bits per heavy atom. The molecule has 0 bridgehead atoms. The minimum Gasteiger partial charge on any atom is -0.481 e. The summed E-state index contributed by atoms with van der Waals surface area (Å²) in [7, 11) is 0.594. The van der Waals surface area contributed by atoms with E-state index < -0.39 is 21.1 Å². The molecule has 3 heterocycles. The fourth-order valence-electron chi connectivity index (χ4n) is 4.88. The summed E-state index contributed by atoms with van der Waals surface area (Å²) in [5.41, 5.74) is 2.67. The second-order valence-electron chi connectivity index (χ2n) is 8.55. The van der Waals surface area contributed by atoms with E-state index in [4.69, 9.17) is 9.90 Å². The van der Waals surface area contributed by atoms with Gasteiger partial charge in [-0.15, -0.1) is 0 Å². The van der Waals surface area contributed by atoms with E-state index in [0.29, 0.717) is 29.8 Å². The van der Waals surface area contributed by atoms with Crippen molar-refractivity contribution in [3.63, 3.8) is 0 Å². The zero-order valence-electron chi connectivity index (χ0n) is 17.8. The number of rotatable bonds is 2. The van der Waals surface area contributed by atoms with Crippen LogP contribution < -0.4 is 0 Å². The Hall–Kier alpha value is -2.20. The summed E-state index contributed by atoms with van der Waals surface area (Å²) in [4.78, 5) is 41.0. The number of carboxylic acid groups (broad SMARTS) is 1. The van der Waals surface area contributed by atoms with Crippen molar-refractivity contribution in [2.24, 2.45) is 5.92 Å². The number of amides is 1. The monoisotopic (exact) mass is 439 g/mol. The minimum atomic E-state index is -3.19. The van der Waals surface area contributed by atoms with Gasteiger partial charge in [-0.1, -0.05) is 0 Å². The Kier molecular flexibility index (Phi) is 6.10. The highest BCUT2D eigenvalue weighted by molar-refractivity contribution is 7.92. The van der Waals surface area contributed by atoms with Crippen molar-refractivity contribution < 1.29 is 27.9 Å². The molecule has 2 aliphatic heterocycles. The average Bonchev–Trinajstić information content (AvgIpc) is 3.27. The molecule has 1 aromatic heterocycles. The number of fused-ring (bicyclic) bond motifs is 2. The number of likely N-dealkylation sites (tertiary alicyclic amines) is 1. The summed E-state index contributed by atoms with van der Waals surface area (Å²) in [6, 6.07) is -0.0534. The minimum absolute atomic E-state index is 0.0505. The first kappa shape index (κ1) is 22.5. The molecule has 0 saturated carbocycles. The van der Waals surface area contributed by atoms with Gasteiger partial charge in [0.25, 0.3) is 11.9 Å². The number of Topliss-reactive ketones (excluding diaryl/α,β-unsaturated/α-hetero) is 1. The Labute approximate surface area is 176 Å². The number of nitrogens with one attached hydrogen (secondary N) is 1. The maximum atomic E-state index is 13.1. The summed E-state index contributed by atoms with van der Waals surface area (Å²) in [5, 5.41) is 6.94. The largest absolute Gasteiger partial charge is 0.481 e. The topological polar surface area (TPSA) is 128 Å². The normalized spacial score (nSPS) is 26.8. The number of ketones is 1. The van der Waals surface area contributed by atoms with Gasteiger partial charge in [0, 0.05) is 49.7 Å². The molecule has 0 aromatic carbocycles. The van der Waals surface area contributed by atoms with Gasteiger partial charge in [0.2, 0.25) is 0 Å². The Morgan fingerprint density at radius 3 is 2.40 bits per heavy atom. The van der Waals surface area contributed by atoms with E-state index in [2.05, 4.69) is 4.98 Å². The van der Waals surface area contributed by atoms with Gasteiger partial charge >= 0.3 is 0 Å². The number of carbonyl (C=O) groups excluding carboxylic acids is 2. The summed E-state index contributed by atoms with van der Waals surface area (Å²) in [6.45, 7) is 3.58. The lowest BCUT2D eigenvalue weighted by molar-refractivity contribution is -0.134. The molecule has 3 atom stereocenters. The van der Waals surface area contributed by atoms with Gasteiger partial charge in [-0.3, -0.25) is 14.4 Å². The number of aromatic nitrogens is 1. The quantitative estimate of drug-likeness (QED) is 0.695. The Balaban J connectivity index is 0.000000589. The molecule has 9 nitrogen and oxygen atoms in total. The van der Waals surface area contributed by atoms with E-state index in [9.17, 15) is 18.0 Å². The van der Waals surface area contributed by atoms with Crippen molar-refractivity contribution in [3.05, 3.63) is 22.5 Å². The zero-order chi connectivity index (χ0) is 22.4. The lowest BCUT2D eigenvalue weighted by Gasteiger charge is -2.25. The van der Waals surface area contributed by atoms with Crippen LogP contribution >= 0.6 is 0 Å². The van der Waals surface area contributed by atoms with Gasteiger partial charge in [-0.2, -0.15) is 0 Å².